The maximum atomic E-state index is 11.8. The van der Waals surface area contributed by atoms with Crippen molar-refractivity contribution in [2.24, 2.45) is 0 Å². The first-order chi connectivity index (χ1) is 15.6. The summed E-state index contributed by atoms with van der Waals surface area (Å²) < 4.78 is 27.4. The zero-order valence-electron chi connectivity index (χ0n) is 19.4. The van der Waals surface area contributed by atoms with Crippen LogP contribution in [0.3, 0.4) is 0 Å². The van der Waals surface area contributed by atoms with Gasteiger partial charge in [-0.15, -0.1) is 0 Å². The van der Waals surface area contributed by atoms with Gasteiger partial charge in [0, 0.05) is 27.7 Å². The molecule has 0 aromatic heterocycles. The summed E-state index contributed by atoms with van der Waals surface area (Å²) in [4.78, 5) is 46.8. The molecule has 1 saturated heterocycles. The van der Waals surface area contributed by atoms with Gasteiger partial charge in [0.15, 0.2) is 18.3 Å². The largest absolute Gasteiger partial charge is 0.463 e. The monoisotopic (exact) mass is 462 g/mol. The van der Waals surface area contributed by atoms with Crippen molar-refractivity contribution in [3.63, 3.8) is 0 Å². The Hall–Kier alpha value is -3.20. The zero-order chi connectivity index (χ0) is 24.5. The minimum atomic E-state index is -1.15. The second kappa shape index (κ2) is 12.2. The Kier molecular flexibility index (Phi) is 9.59. The van der Waals surface area contributed by atoms with Crippen molar-refractivity contribution in [1.29, 1.82) is 0 Å². The van der Waals surface area contributed by atoms with Crippen LogP contribution in [0.2, 0.25) is 0 Å². The Bertz CT molecular complexity index is 874. The van der Waals surface area contributed by atoms with E-state index in [1.54, 1.807) is 0 Å². The quantitative estimate of drug-likeness (QED) is 0.424. The molecule has 1 heterocycles. The molecule has 2 rings (SSSR count). The first-order valence-corrected chi connectivity index (χ1v) is 10.6. The van der Waals surface area contributed by atoms with E-state index in [-0.39, 0.29) is 13.0 Å². The molecule has 1 aliphatic heterocycles. The third-order valence-electron chi connectivity index (χ3n) is 4.84. The van der Waals surface area contributed by atoms with Crippen molar-refractivity contribution < 1.29 is 42.9 Å². The van der Waals surface area contributed by atoms with Gasteiger partial charge < -0.3 is 23.7 Å². The number of carbonyl (C=O) groups excluding carboxylic acids is 4. The number of ether oxygens (including phenoxy) is 5. The lowest BCUT2D eigenvalue weighted by Gasteiger charge is -2.44. The van der Waals surface area contributed by atoms with Gasteiger partial charge in [-0.3, -0.25) is 19.2 Å². The first-order valence-electron chi connectivity index (χ1n) is 10.6. The van der Waals surface area contributed by atoms with Crippen LogP contribution in [-0.4, -0.2) is 61.0 Å². The molecule has 0 radical (unpaired) electrons. The third-order valence-corrected chi connectivity index (χ3v) is 4.84. The highest BCUT2D eigenvalue weighted by atomic mass is 16.7. The highest BCUT2D eigenvalue weighted by molar-refractivity contribution is 5.68. The van der Waals surface area contributed by atoms with Crippen LogP contribution in [0.25, 0.3) is 6.08 Å². The molecule has 0 saturated carbocycles. The van der Waals surface area contributed by atoms with Gasteiger partial charge in [0.1, 0.15) is 18.8 Å². The summed E-state index contributed by atoms with van der Waals surface area (Å²) in [7, 11) is 0. The summed E-state index contributed by atoms with van der Waals surface area (Å²) in [6.07, 6.45) is -1.03. The van der Waals surface area contributed by atoms with E-state index in [0.717, 1.165) is 11.1 Å². The molecule has 0 N–H and O–H groups in total. The second-order valence-electron chi connectivity index (χ2n) is 7.79. The zero-order valence-corrected chi connectivity index (χ0v) is 19.4. The van der Waals surface area contributed by atoms with E-state index in [0.29, 0.717) is 0 Å². The van der Waals surface area contributed by atoms with Crippen LogP contribution in [0.5, 0.6) is 0 Å². The fourth-order valence-electron chi connectivity index (χ4n) is 3.52. The average Bonchev–Trinajstić information content (AvgIpc) is 2.71. The highest BCUT2D eigenvalue weighted by Gasteiger charge is 2.51. The molecule has 1 aliphatic rings. The molecular formula is C24H30O9. The SMILES string of the molecule is CC(=O)OCC1OC(CC=Cc2ccc(C)cc2)C(OC(C)=O)C(OC(C)=O)C1OC(C)=O. The Morgan fingerprint density at radius 1 is 0.788 bits per heavy atom. The average molecular weight is 462 g/mol. The Balaban J connectivity index is 2.35. The van der Waals surface area contributed by atoms with Crippen LogP contribution in [0.15, 0.2) is 30.3 Å². The molecule has 180 valence electrons. The van der Waals surface area contributed by atoms with Crippen LogP contribution in [-0.2, 0) is 42.9 Å². The van der Waals surface area contributed by atoms with E-state index in [9.17, 15) is 19.2 Å². The van der Waals surface area contributed by atoms with E-state index >= 15 is 0 Å². The number of rotatable bonds is 8. The molecule has 5 atom stereocenters. The predicted octanol–water partition coefficient (Wildman–Crippen LogP) is 2.52. The van der Waals surface area contributed by atoms with Gasteiger partial charge >= 0.3 is 23.9 Å². The summed E-state index contributed by atoms with van der Waals surface area (Å²) in [6, 6.07) is 7.88. The summed E-state index contributed by atoms with van der Waals surface area (Å²) >= 11 is 0. The van der Waals surface area contributed by atoms with E-state index < -0.39 is 54.4 Å². The normalized spacial score (nSPS) is 24.7. The number of benzene rings is 1. The van der Waals surface area contributed by atoms with Crippen molar-refractivity contribution in [3.05, 3.63) is 41.5 Å². The number of esters is 4. The Labute approximate surface area is 193 Å². The molecular weight excluding hydrogens is 432 g/mol. The van der Waals surface area contributed by atoms with Gasteiger partial charge in [0.05, 0.1) is 0 Å². The van der Waals surface area contributed by atoms with Crippen LogP contribution < -0.4 is 0 Å². The lowest BCUT2D eigenvalue weighted by atomic mass is 9.92. The van der Waals surface area contributed by atoms with Gasteiger partial charge in [0.25, 0.3) is 0 Å². The molecule has 1 aromatic carbocycles. The van der Waals surface area contributed by atoms with Gasteiger partial charge in [-0.25, -0.2) is 0 Å². The van der Waals surface area contributed by atoms with Crippen LogP contribution in [0.4, 0.5) is 0 Å². The summed E-state index contributed by atoms with van der Waals surface area (Å²) in [5.41, 5.74) is 2.10. The minimum absolute atomic E-state index is 0.240. The lowest BCUT2D eigenvalue weighted by Crippen LogP contribution is -2.62. The molecule has 0 aliphatic carbocycles. The predicted molar refractivity (Wildman–Crippen MR) is 117 cm³/mol. The molecule has 0 spiro atoms. The number of aryl methyl sites for hydroxylation is 1. The molecule has 0 bridgehead atoms. The van der Waals surface area contributed by atoms with Crippen molar-refractivity contribution in [2.45, 2.75) is 71.6 Å². The van der Waals surface area contributed by atoms with Crippen molar-refractivity contribution in [1.82, 2.24) is 0 Å². The maximum absolute atomic E-state index is 11.8. The number of hydrogen-bond donors (Lipinski definition) is 0. The second-order valence-corrected chi connectivity index (χ2v) is 7.79. The van der Waals surface area contributed by atoms with Crippen molar-refractivity contribution in [2.75, 3.05) is 6.61 Å². The van der Waals surface area contributed by atoms with Crippen LogP contribution >= 0.6 is 0 Å². The number of hydrogen-bond acceptors (Lipinski definition) is 9. The number of carbonyl (C=O) groups is 4. The van der Waals surface area contributed by atoms with E-state index in [1.165, 1.54) is 27.7 Å². The van der Waals surface area contributed by atoms with E-state index in [2.05, 4.69) is 0 Å². The molecule has 5 unspecified atom stereocenters. The van der Waals surface area contributed by atoms with E-state index in [1.807, 2.05) is 43.3 Å². The van der Waals surface area contributed by atoms with Gasteiger partial charge in [-0.1, -0.05) is 42.0 Å². The maximum Gasteiger partial charge on any atom is 0.303 e. The fourth-order valence-corrected chi connectivity index (χ4v) is 3.52. The minimum Gasteiger partial charge on any atom is -0.463 e. The summed E-state index contributed by atoms with van der Waals surface area (Å²) in [5, 5.41) is 0. The van der Waals surface area contributed by atoms with Crippen LogP contribution in [0, 0.1) is 6.92 Å². The Morgan fingerprint density at radius 3 is 1.82 bits per heavy atom. The summed E-state index contributed by atoms with van der Waals surface area (Å²) in [5.74, 6) is -2.49. The molecule has 9 nitrogen and oxygen atoms in total. The van der Waals surface area contributed by atoms with Gasteiger partial charge in [0.2, 0.25) is 0 Å². The standard InChI is InChI=1S/C24H30O9/c1-14-9-11-19(12-10-14)7-6-8-20-22(30-16(3)26)24(32-18(5)28)23(31-17(4)27)21(33-20)13-29-15(2)25/h6-7,9-12,20-24H,8,13H2,1-5H3. The molecule has 33 heavy (non-hydrogen) atoms. The summed E-state index contributed by atoms with van der Waals surface area (Å²) in [6.45, 7) is 6.58. The van der Waals surface area contributed by atoms with Crippen molar-refractivity contribution >= 4 is 30.0 Å². The smallest absolute Gasteiger partial charge is 0.303 e. The third kappa shape index (κ3) is 8.34. The van der Waals surface area contributed by atoms with E-state index in [4.69, 9.17) is 23.7 Å². The fraction of sp³-hybridized carbons (Fsp3) is 0.500. The molecule has 1 fully saturated rings. The highest BCUT2D eigenvalue weighted by Crippen LogP contribution is 2.31. The molecule has 1 aromatic rings. The van der Waals surface area contributed by atoms with Gasteiger partial charge in [-0.05, 0) is 18.9 Å². The Morgan fingerprint density at radius 2 is 1.30 bits per heavy atom. The first kappa shape index (κ1) is 26.1. The van der Waals surface area contributed by atoms with Crippen molar-refractivity contribution in [3.8, 4) is 0 Å². The molecule has 9 heteroatoms. The topological polar surface area (TPSA) is 114 Å². The van der Waals surface area contributed by atoms with Crippen LogP contribution in [0.1, 0.15) is 45.2 Å². The van der Waals surface area contributed by atoms with Gasteiger partial charge in [-0.2, -0.15) is 0 Å². The molecule has 0 amide bonds. The lowest BCUT2D eigenvalue weighted by molar-refractivity contribution is -0.251.